The molecular weight excluding hydrogens is 459 g/mol. The van der Waals surface area contributed by atoms with E-state index in [1.54, 1.807) is 24.8 Å². The summed E-state index contributed by atoms with van der Waals surface area (Å²) >= 11 is 0. The van der Waals surface area contributed by atoms with Gasteiger partial charge < -0.3 is 9.80 Å². The first-order valence-electron chi connectivity index (χ1n) is 12.1. The van der Waals surface area contributed by atoms with Gasteiger partial charge in [0, 0.05) is 50.5 Å². The highest BCUT2D eigenvalue weighted by Gasteiger charge is 2.31. The van der Waals surface area contributed by atoms with Crippen molar-refractivity contribution in [3.8, 4) is 5.69 Å². The van der Waals surface area contributed by atoms with E-state index in [0.29, 0.717) is 56.3 Å². The lowest BCUT2D eigenvalue weighted by atomic mass is 10.1. The first kappa shape index (κ1) is 26.7. The molecule has 1 fully saturated rings. The van der Waals surface area contributed by atoms with Crippen molar-refractivity contribution in [3.63, 3.8) is 0 Å². The van der Waals surface area contributed by atoms with Crippen molar-refractivity contribution < 1.29 is 22.8 Å². The molecule has 2 aromatic rings. The molecule has 35 heavy (non-hydrogen) atoms. The van der Waals surface area contributed by atoms with Gasteiger partial charge in [0.05, 0.1) is 29.9 Å². The molecular formula is C25H34F3N5O2. The van der Waals surface area contributed by atoms with Gasteiger partial charge in [0.15, 0.2) is 0 Å². The summed E-state index contributed by atoms with van der Waals surface area (Å²) in [5.74, 6) is 0.0553. The Morgan fingerprint density at radius 1 is 1.06 bits per heavy atom. The van der Waals surface area contributed by atoms with Crippen LogP contribution in [0.3, 0.4) is 0 Å². The topological polar surface area (TPSA) is 61.7 Å². The number of halogens is 3. The van der Waals surface area contributed by atoms with Gasteiger partial charge in [-0.1, -0.05) is 6.07 Å². The highest BCUT2D eigenvalue weighted by molar-refractivity contribution is 5.80. The second-order valence-corrected chi connectivity index (χ2v) is 8.86. The second kappa shape index (κ2) is 11.2. The molecule has 0 unspecified atom stereocenters. The minimum absolute atomic E-state index is 0.0447. The van der Waals surface area contributed by atoms with Crippen molar-refractivity contribution in [3.05, 3.63) is 46.8 Å². The number of hydrogen-bond donors (Lipinski definition) is 0. The molecule has 0 atom stereocenters. The minimum atomic E-state index is -4.44. The van der Waals surface area contributed by atoms with Crippen LogP contribution in [-0.4, -0.2) is 82.1 Å². The van der Waals surface area contributed by atoms with Crippen molar-refractivity contribution >= 4 is 11.8 Å². The van der Waals surface area contributed by atoms with E-state index >= 15 is 0 Å². The molecule has 192 valence electrons. The number of likely N-dealkylation sites (N-methyl/N-ethyl adjacent to an activating group) is 1. The van der Waals surface area contributed by atoms with Crippen LogP contribution in [-0.2, 0) is 22.2 Å². The Morgan fingerprint density at radius 2 is 1.77 bits per heavy atom. The van der Waals surface area contributed by atoms with E-state index in [2.05, 4.69) is 10.00 Å². The van der Waals surface area contributed by atoms with Crippen molar-refractivity contribution in [2.75, 3.05) is 45.8 Å². The van der Waals surface area contributed by atoms with Crippen LogP contribution in [0.4, 0.5) is 13.2 Å². The van der Waals surface area contributed by atoms with E-state index in [-0.39, 0.29) is 18.2 Å². The van der Waals surface area contributed by atoms with Crippen molar-refractivity contribution in [2.24, 2.45) is 0 Å². The Morgan fingerprint density at radius 3 is 2.43 bits per heavy atom. The van der Waals surface area contributed by atoms with Crippen LogP contribution in [0.15, 0.2) is 24.3 Å². The van der Waals surface area contributed by atoms with Gasteiger partial charge >= 0.3 is 6.18 Å². The highest BCUT2D eigenvalue weighted by atomic mass is 19.4. The zero-order valence-corrected chi connectivity index (χ0v) is 20.9. The molecule has 1 aromatic heterocycles. The number of benzene rings is 1. The summed E-state index contributed by atoms with van der Waals surface area (Å²) in [6.07, 6.45) is -3.53. The molecule has 0 saturated carbocycles. The Bertz CT molecular complexity index is 1050. The molecule has 3 rings (SSSR count). The molecule has 10 heteroatoms. The fraction of sp³-hybridized carbons (Fsp3) is 0.560. The summed E-state index contributed by atoms with van der Waals surface area (Å²) in [5, 5.41) is 4.43. The number of rotatable bonds is 7. The monoisotopic (exact) mass is 493 g/mol. The van der Waals surface area contributed by atoms with Crippen LogP contribution in [0.25, 0.3) is 5.69 Å². The third kappa shape index (κ3) is 6.42. The number of carbonyl (C=O) groups is 2. The van der Waals surface area contributed by atoms with E-state index in [1.165, 1.54) is 10.7 Å². The molecule has 2 heterocycles. The Hall–Kier alpha value is -2.88. The molecule has 0 radical (unpaired) electrons. The Labute approximate surface area is 204 Å². The quantitative estimate of drug-likeness (QED) is 0.593. The number of alkyl halides is 3. The lowest BCUT2D eigenvalue weighted by Crippen LogP contribution is -2.42. The second-order valence-electron chi connectivity index (χ2n) is 8.86. The van der Waals surface area contributed by atoms with Gasteiger partial charge in [-0.2, -0.15) is 18.3 Å². The van der Waals surface area contributed by atoms with Crippen LogP contribution in [0.2, 0.25) is 0 Å². The van der Waals surface area contributed by atoms with Crippen LogP contribution in [0.5, 0.6) is 0 Å². The summed E-state index contributed by atoms with van der Waals surface area (Å²) in [5.41, 5.74) is 1.56. The summed E-state index contributed by atoms with van der Waals surface area (Å²) in [6.45, 7) is 11.7. The highest BCUT2D eigenvalue weighted by Crippen LogP contribution is 2.31. The maximum absolute atomic E-state index is 13.1. The largest absolute Gasteiger partial charge is 0.416 e. The average molecular weight is 494 g/mol. The first-order valence-corrected chi connectivity index (χ1v) is 12.1. The van der Waals surface area contributed by atoms with Crippen LogP contribution in [0.1, 0.15) is 42.8 Å². The number of hydrogen-bond acceptors (Lipinski definition) is 4. The van der Waals surface area contributed by atoms with E-state index in [4.69, 9.17) is 0 Å². The number of aryl methyl sites for hydroxylation is 1. The van der Waals surface area contributed by atoms with Crippen molar-refractivity contribution in [1.82, 2.24) is 24.5 Å². The number of aromatic nitrogens is 2. The SMILES string of the molecule is CCN(CC)C(=O)CN1CCCN(C(=O)Cc2c(C)nn(-c3cccc(C(F)(F)F)c3)c2C)CC1. The van der Waals surface area contributed by atoms with Gasteiger partial charge in [0.1, 0.15) is 0 Å². The standard InChI is InChI=1S/C25H34F3N5O2/c1-5-31(6-2)24(35)17-30-11-8-12-32(14-13-30)23(34)16-22-18(3)29-33(19(22)4)21-10-7-9-20(15-21)25(26,27)28/h7,9-10,15H,5-6,8,11-14,16-17H2,1-4H3. The smallest absolute Gasteiger partial charge is 0.342 e. The van der Waals surface area contributed by atoms with Crippen LogP contribution in [0, 0.1) is 13.8 Å². The predicted molar refractivity (Wildman–Crippen MR) is 127 cm³/mol. The van der Waals surface area contributed by atoms with E-state index < -0.39 is 11.7 Å². The van der Waals surface area contributed by atoms with E-state index in [1.807, 2.05) is 18.7 Å². The Balaban J connectivity index is 1.68. The summed E-state index contributed by atoms with van der Waals surface area (Å²) in [7, 11) is 0. The third-order valence-corrected chi connectivity index (χ3v) is 6.60. The Kier molecular flexibility index (Phi) is 8.58. The van der Waals surface area contributed by atoms with Crippen LogP contribution >= 0.6 is 0 Å². The van der Waals surface area contributed by atoms with E-state index in [0.717, 1.165) is 30.7 Å². The average Bonchev–Trinajstić information content (AvgIpc) is 2.96. The van der Waals surface area contributed by atoms with Gasteiger partial charge in [0.25, 0.3) is 0 Å². The lowest BCUT2D eigenvalue weighted by Gasteiger charge is -2.25. The fourth-order valence-corrected chi connectivity index (χ4v) is 4.51. The summed E-state index contributed by atoms with van der Waals surface area (Å²) in [6, 6.07) is 5.02. The maximum atomic E-state index is 13.1. The zero-order chi connectivity index (χ0) is 25.8. The molecule has 0 spiro atoms. The summed E-state index contributed by atoms with van der Waals surface area (Å²) in [4.78, 5) is 31.3. The molecule has 1 aliphatic rings. The minimum Gasteiger partial charge on any atom is -0.342 e. The van der Waals surface area contributed by atoms with Gasteiger partial charge in [-0.15, -0.1) is 0 Å². The lowest BCUT2D eigenvalue weighted by molar-refractivity contribution is -0.137. The van der Waals surface area contributed by atoms with Crippen molar-refractivity contribution in [1.29, 1.82) is 0 Å². The van der Waals surface area contributed by atoms with Gasteiger partial charge in [0.2, 0.25) is 11.8 Å². The fourth-order valence-electron chi connectivity index (χ4n) is 4.51. The molecule has 1 aliphatic heterocycles. The maximum Gasteiger partial charge on any atom is 0.416 e. The normalized spacial score (nSPS) is 15.2. The molecule has 1 aromatic carbocycles. The van der Waals surface area contributed by atoms with Gasteiger partial charge in [-0.3, -0.25) is 14.5 Å². The predicted octanol–water partition coefficient (Wildman–Crippen LogP) is 3.45. The van der Waals surface area contributed by atoms with Gasteiger partial charge in [-0.25, -0.2) is 4.68 Å². The summed E-state index contributed by atoms with van der Waals surface area (Å²) < 4.78 is 40.9. The molecule has 1 saturated heterocycles. The first-order chi connectivity index (χ1) is 16.5. The van der Waals surface area contributed by atoms with Gasteiger partial charge in [-0.05, 0) is 52.3 Å². The third-order valence-electron chi connectivity index (χ3n) is 6.60. The number of carbonyl (C=O) groups excluding carboxylic acids is 2. The molecule has 7 nitrogen and oxygen atoms in total. The molecule has 2 amide bonds. The molecule has 0 N–H and O–H groups in total. The zero-order valence-electron chi connectivity index (χ0n) is 20.9. The van der Waals surface area contributed by atoms with Crippen molar-refractivity contribution in [2.45, 2.75) is 46.7 Å². The van der Waals surface area contributed by atoms with E-state index in [9.17, 15) is 22.8 Å². The molecule has 0 aliphatic carbocycles. The number of nitrogens with zero attached hydrogens (tertiary/aromatic N) is 5. The van der Waals surface area contributed by atoms with Crippen LogP contribution < -0.4 is 0 Å². The molecule has 0 bridgehead atoms. The number of amides is 2.